The number of para-hydroxylation sites is 1. The first kappa shape index (κ1) is 18.5. The van der Waals surface area contributed by atoms with Gasteiger partial charge in [0.2, 0.25) is 0 Å². The molecule has 1 unspecified atom stereocenters. The Kier molecular flexibility index (Phi) is 9.31. The third kappa shape index (κ3) is 7.46. The molecule has 0 heterocycles. The quantitative estimate of drug-likeness (QED) is 0.459. The van der Waals surface area contributed by atoms with E-state index in [0.29, 0.717) is 13.0 Å². The van der Waals surface area contributed by atoms with Gasteiger partial charge in [-0.15, -0.1) is 0 Å². The molecule has 0 aromatic heterocycles. The minimum Gasteiger partial charge on any atom is -0.494 e. The summed E-state index contributed by atoms with van der Waals surface area (Å²) in [5.41, 5.74) is 1.14. The summed E-state index contributed by atoms with van der Waals surface area (Å²) in [4.78, 5) is 11.2. The smallest absolute Gasteiger partial charge is 0.302 e. The lowest BCUT2D eigenvalue weighted by Gasteiger charge is -2.18. The van der Waals surface area contributed by atoms with Gasteiger partial charge in [0.05, 0.1) is 13.2 Å². The summed E-state index contributed by atoms with van der Waals surface area (Å²) < 4.78 is 11.0. The predicted molar refractivity (Wildman–Crippen MR) is 85.5 cm³/mol. The van der Waals surface area contributed by atoms with Crippen LogP contribution in [0.3, 0.4) is 0 Å². The van der Waals surface area contributed by atoms with E-state index < -0.39 is 0 Å². The van der Waals surface area contributed by atoms with Crippen molar-refractivity contribution in [2.75, 3.05) is 13.2 Å². The Labute approximate surface area is 133 Å². The summed E-state index contributed by atoms with van der Waals surface area (Å²) in [5, 5.41) is 10.5. The van der Waals surface area contributed by atoms with Crippen LogP contribution >= 0.6 is 0 Å². The van der Waals surface area contributed by atoms with Crippen molar-refractivity contribution in [2.24, 2.45) is 0 Å². The van der Waals surface area contributed by atoms with Crippen molar-refractivity contribution >= 4 is 5.97 Å². The van der Waals surface area contributed by atoms with Crippen molar-refractivity contribution in [3.63, 3.8) is 0 Å². The van der Waals surface area contributed by atoms with Gasteiger partial charge in [0.15, 0.2) is 0 Å². The topological polar surface area (TPSA) is 55.4 Å². The molecule has 1 rings (SSSR count). The molecule has 1 aromatic carbocycles. The first-order valence-electron chi connectivity index (χ1n) is 8.13. The Morgan fingerprint density at radius 2 is 1.91 bits per heavy atom. The summed E-state index contributed by atoms with van der Waals surface area (Å²) in [6.45, 7) is 4.02. The molecule has 1 radical (unpaired) electrons. The van der Waals surface area contributed by atoms with Crippen LogP contribution in [0.15, 0.2) is 24.3 Å². The van der Waals surface area contributed by atoms with Crippen LogP contribution in [0.4, 0.5) is 0 Å². The zero-order valence-corrected chi connectivity index (χ0v) is 13.7. The fourth-order valence-corrected chi connectivity index (χ4v) is 2.47. The molecule has 0 saturated heterocycles. The Morgan fingerprint density at radius 1 is 1.14 bits per heavy atom. The molecule has 0 aliphatic heterocycles. The van der Waals surface area contributed by atoms with Crippen LogP contribution in [0.25, 0.3) is 0 Å². The molecule has 0 spiro atoms. The van der Waals surface area contributed by atoms with E-state index in [1.165, 1.54) is 6.92 Å². The minimum absolute atomic E-state index is 0.0278. The average molecular weight is 307 g/mol. The SMILES string of the molecule is CCOc1ccccc1CCC(CCCCC[O])OC(C)=O. The third-order valence-corrected chi connectivity index (χ3v) is 3.51. The lowest BCUT2D eigenvalue weighted by atomic mass is 10.0. The largest absolute Gasteiger partial charge is 0.494 e. The molecule has 0 aliphatic carbocycles. The third-order valence-electron chi connectivity index (χ3n) is 3.51. The molecule has 4 nitrogen and oxygen atoms in total. The zero-order chi connectivity index (χ0) is 16.2. The van der Waals surface area contributed by atoms with Gasteiger partial charge in [-0.25, -0.2) is 5.11 Å². The van der Waals surface area contributed by atoms with Gasteiger partial charge in [-0.3, -0.25) is 4.79 Å². The minimum atomic E-state index is -0.244. The molecule has 0 amide bonds. The monoisotopic (exact) mass is 307 g/mol. The highest BCUT2D eigenvalue weighted by Crippen LogP contribution is 2.22. The van der Waals surface area contributed by atoms with E-state index in [0.717, 1.165) is 43.4 Å². The van der Waals surface area contributed by atoms with Crippen LogP contribution in [0, 0.1) is 0 Å². The molecule has 1 atom stereocenters. The van der Waals surface area contributed by atoms with Gasteiger partial charge in [0.1, 0.15) is 11.9 Å². The molecule has 1 aromatic rings. The number of benzene rings is 1. The second-order valence-electron chi connectivity index (χ2n) is 5.36. The maximum atomic E-state index is 11.2. The van der Waals surface area contributed by atoms with Gasteiger partial charge in [0.25, 0.3) is 0 Å². The molecule has 0 fully saturated rings. The van der Waals surface area contributed by atoms with Gasteiger partial charge in [-0.2, -0.15) is 0 Å². The van der Waals surface area contributed by atoms with E-state index in [9.17, 15) is 9.90 Å². The van der Waals surface area contributed by atoms with Crippen molar-refractivity contribution in [1.29, 1.82) is 0 Å². The first-order valence-corrected chi connectivity index (χ1v) is 8.13. The van der Waals surface area contributed by atoms with E-state index in [1.807, 2.05) is 31.2 Å². The second-order valence-corrected chi connectivity index (χ2v) is 5.36. The maximum absolute atomic E-state index is 11.2. The molecule has 123 valence electrons. The Balaban J connectivity index is 2.52. The average Bonchev–Trinajstić information content (AvgIpc) is 2.50. The Morgan fingerprint density at radius 3 is 2.59 bits per heavy atom. The fraction of sp³-hybridized carbons (Fsp3) is 0.611. The number of ether oxygens (including phenoxy) is 2. The van der Waals surface area contributed by atoms with Gasteiger partial charge in [-0.1, -0.05) is 24.6 Å². The lowest BCUT2D eigenvalue weighted by molar-refractivity contribution is -0.147. The Hall–Kier alpha value is -1.55. The summed E-state index contributed by atoms with van der Waals surface area (Å²) in [6.07, 6.45) is 4.84. The van der Waals surface area contributed by atoms with E-state index in [1.54, 1.807) is 0 Å². The van der Waals surface area contributed by atoms with Crippen LogP contribution in [-0.4, -0.2) is 25.3 Å². The van der Waals surface area contributed by atoms with Crippen LogP contribution in [0.2, 0.25) is 0 Å². The number of hydrogen-bond donors (Lipinski definition) is 0. The number of aryl methyl sites for hydroxylation is 1. The number of hydrogen-bond acceptors (Lipinski definition) is 3. The molecular formula is C18H27O4. The van der Waals surface area contributed by atoms with E-state index in [2.05, 4.69) is 0 Å². The van der Waals surface area contributed by atoms with Crippen LogP contribution in [0.5, 0.6) is 5.75 Å². The number of unbranched alkanes of at least 4 members (excludes halogenated alkanes) is 2. The van der Waals surface area contributed by atoms with Crippen molar-refractivity contribution in [3.05, 3.63) is 29.8 Å². The summed E-state index contributed by atoms with van der Waals surface area (Å²) in [5.74, 6) is 0.657. The molecular weight excluding hydrogens is 280 g/mol. The molecule has 22 heavy (non-hydrogen) atoms. The van der Waals surface area contributed by atoms with E-state index >= 15 is 0 Å². The van der Waals surface area contributed by atoms with Crippen LogP contribution in [-0.2, 0) is 21.1 Å². The molecule has 0 bridgehead atoms. The van der Waals surface area contributed by atoms with Crippen LogP contribution < -0.4 is 4.74 Å². The number of rotatable bonds is 11. The zero-order valence-electron chi connectivity index (χ0n) is 13.7. The van der Waals surface area contributed by atoms with Crippen molar-refractivity contribution in [1.82, 2.24) is 0 Å². The van der Waals surface area contributed by atoms with Gasteiger partial charge in [0, 0.05) is 6.92 Å². The highest BCUT2D eigenvalue weighted by atomic mass is 16.5. The number of esters is 1. The van der Waals surface area contributed by atoms with Gasteiger partial charge < -0.3 is 9.47 Å². The highest BCUT2D eigenvalue weighted by Gasteiger charge is 2.13. The van der Waals surface area contributed by atoms with E-state index in [-0.39, 0.29) is 18.7 Å². The number of carbonyl (C=O) groups is 1. The van der Waals surface area contributed by atoms with Crippen molar-refractivity contribution in [2.45, 2.75) is 58.5 Å². The number of carbonyl (C=O) groups excluding carboxylic acids is 1. The predicted octanol–water partition coefficient (Wildman–Crippen LogP) is 3.94. The van der Waals surface area contributed by atoms with Crippen molar-refractivity contribution in [3.8, 4) is 5.75 Å². The first-order chi connectivity index (χ1) is 10.7. The lowest BCUT2D eigenvalue weighted by Crippen LogP contribution is -2.17. The Bertz CT molecular complexity index is 431. The van der Waals surface area contributed by atoms with Crippen molar-refractivity contribution < 1.29 is 19.4 Å². The highest BCUT2D eigenvalue weighted by molar-refractivity contribution is 5.66. The maximum Gasteiger partial charge on any atom is 0.302 e. The second kappa shape index (κ2) is 11.1. The van der Waals surface area contributed by atoms with Crippen LogP contribution in [0.1, 0.15) is 51.5 Å². The van der Waals surface area contributed by atoms with Gasteiger partial charge >= 0.3 is 5.97 Å². The summed E-state index contributed by atoms with van der Waals surface area (Å²) >= 11 is 0. The molecule has 0 saturated carbocycles. The van der Waals surface area contributed by atoms with Gasteiger partial charge in [-0.05, 0) is 50.7 Å². The van der Waals surface area contributed by atoms with E-state index in [4.69, 9.17) is 9.47 Å². The standard InChI is InChI=1S/C18H27O4/c1-3-21-18-11-7-6-9-16(18)12-13-17(22-15(2)20)10-5-4-8-14-19/h6-7,9,11,17H,3-5,8,10,12-14H2,1-2H3. The molecule has 4 heteroatoms. The molecule has 0 N–H and O–H groups in total. The normalized spacial score (nSPS) is 12.0. The molecule has 0 aliphatic rings. The fourth-order valence-electron chi connectivity index (χ4n) is 2.47. The summed E-state index contributed by atoms with van der Waals surface area (Å²) in [7, 11) is 0. The summed E-state index contributed by atoms with van der Waals surface area (Å²) in [6, 6.07) is 7.97.